The number of carboxylic acid groups (broad SMARTS) is 1. The van der Waals surface area contributed by atoms with Gasteiger partial charge < -0.3 is 15.2 Å². The number of imide groups is 1. The summed E-state index contributed by atoms with van der Waals surface area (Å²) in [5, 5.41) is 14.5. The first-order chi connectivity index (χ1) is 8.43. The molecule has 0 spiro atoms. The third-order valence-electron chi connectivity index (χ3n) is 1.93. The third kappa shape index (κ3) is 3.74. The van der Waals surface area contributed by atoms with E-state index in [1.54, 1.807) is 0 Å². The molecular formula is C10H12N2O5S. The van der Waals surface area contributed by atoms with Crippen molar-refractivity contribution in [1.29, 1.82) is 0 Å². The molecule has 1 atom stereocenters. The molecule has 3 N–H and O–H groups in total. The summed E-state index contributed by atoms with van der Waals surface area (Å²) >= 11 is 0.994. The minimum Gasteiger partial charge on any atom is -0.480 e. The van der Waals surface area contributed by atoms with Crippen LogP contribution in [0.2, 0.25) is 0 Å². The van der Waals surface area contributed by atoms with Gasteiger partial charge in [-0.25, -0.2) is 9.59 Å². The lowest BCUT2D eigenvalue weighted by Gasteiger charge is -2.12. The molecule has 1 unspecified atom stereocenters. The zero-order valence-corrected chi connectivity index (χ0v) is 10.5. The van der Waals surface area contributed by atoms with E-state index >= 15 is 0 Å². The van der Waals surface area contributed by atoms with Crippen LogP contribution in [0.15, 0.2) is 11.4 Å². The third-order valence-corrected chi connectivity index (χ3v) is 2.83. The Morgan fingerprint density at radius 1 is 1.44 bits per heavy atom. The van der Waals surface area contributed by atoms with Crippen LogP contribution in [-0.4, -0.2) is 36.2 Å². The first kappa shape index (κ1) is 14.0. The van der Waals surface area contributed by atoms with Gasteiger partial charge in [0.2, 0.25) is 0 Å². The van der Waals surface area contributed by atoms with Gasteiger partial charge >= 0.3 is 12.0 Å². The fourth-order valence-electron chi connectivity index (χ4n) is 1.03. The van der Waals surface area contributed by atoms with Crippen LogP contribution in [0, 0.1) is 0 Å². The zero-order chi connectivity index (χ0) is 13.7. The number of amides is 3. The molecule has 3 amide bonds. The molecule has 1 aromatic rings. The number of hydrogen-bond acceptors (Lipinski definition) is 5. The van der Waals surface area contributed by atoms with Gasteiger partial charge in [0.25, 0.3) is 5.91 Å². The highest BCUT2D eigenvalue weighted by molar-refractivity contribution is 7.12. The summed E-state index contributed by atoms with van der Waals surface area (Å²) in [6.45, 7) is 1.45. The highest BCUT2D eigenvalue weighted by Gasteiger charge is 2.18. The van der Waals surface area contributed by atoms with Crippen molar-refractivity contribution in [2.75, 3.05) is 7.05 Å². The topological polar surface area (TPSA) is 105 Å². The van der Waals surface area contributed by atoms with E-state index in [0.717, 1.165) is 11.3 Å². The number of carboxylic acids is 1. The largest absolute Gasteiger partial charge is 0.480 e. The van der Waals surface area contributed by atoms with Gasteiger partial charge in [-0.3, -0.25) is 10.1 Å². The molecule has 0 bridgehead atoms. The predicted octanol–water partition coefficient (Wildman–Crippen LogP) is 0.669. The van der Waals surface area contributed by atoms with Gasteiger partial charge in [0.05, 0.1) is 0 Å². The molecule has 0 saturated carbocycles. The monoisotopic (exact) mass is 272 g/mol. The second kappa shape index (κ2) is 6.01. The first-order valence-electron chi connectivity index (χ1n) is 4.95. The second-order valence-corrected chi connectivity index (χ2v) is 4.19. The van der Waals surface area contributed by atoms with Crippen LogP contribution >= 0.6 is 11.3 Å². The molecule has 1 aromatic heterocycles. The molecule has 98 valence electrons. The molecule has 0 aliphatic carbocycles. The number of carbonyl (C=O) groups excluding carboxylic acids is 2. The zero-order valence-electron chi connectivity index (χ0n) is 9.72. The number of thiophene rings is 1. The van der Waals surface area contributed by atoms with Crippen molar-refractivity contribution in [3.8, 4) is 5.75 Å². The van der Waals surface area contributed by atoms with Gasteiger partial charge in [-0.05, 0) is 6.92 Å². The number of carbonyl (C=O) groups is 3. The molecule has 0 aromatic carbocycles. The summed E-state index contributed by atoms with van der Waals surface area (Å²) in [5.74, 6) is -1.40. The first-order valence-corrected chi connectivity index (χ1v) is 5.83. The molecular weight excluding hydrogens is 260 g/mol. The summed E-state index contributed by atoms with van der Waals surface area (Å²) in [5.41, 5.74) is 0. The van der Waals surface area contributed by atoms with Crippen LogP contribution in [-0.2, 0) is 4.79 Å². The summed E-state index contributed by atoms with van der Waals surface area (Å²) in [6.07, 6.45) is -0.904. The maximum atomic E-state index is 11.4. The molecule has 0 radical (unpaired) electrons. The molecule has 1 heterocycles. The number of urea groups is 1. The Morgan fingerprint density at radius 3 is 2.61 bits per heavy atom. The van der Waals surface area contributed by atoms with Crippen molar-refractivity contribution in [1.82, 2.24) is 10.6 Å². The van der Waals surface area contributed by atoms with E-state index in [1.807, 2.05) is 0 Å². The lowest BCUT2D eigenvalue weighted by Crippen LogP contribution is -2.43. The minimum atomic E-state index is -1.06. The van der Waals surface area contributed by atoms with Crippen molar-refractivity contribution in [3.05, 3.63) is 16.3 Å². The van der Waals surface area contributed by atoms with Crippen LogP contribution in [0.25, 0.3) is 0 Å². The number of nitrogens with one attached hydrogen (secondary N) is 2. The van der Waals surface area contributed by atoms with E-state index < -0.39 is 24.0 Å². The highest BCUT2D eigenvalue weighted by Crippen LogP contribution is 2.22. The average Bonchev–Trinajstić information content (AvgIpc) is 2.77. The number of rotatable bonds is 4. The van der Waals surface area contributed by atoms with Gasteiger partial charge in [0, 0.05) is 18.5 Å². The minimum absolute atomic E-state index is 0.115. The number of hydrogen-bond donors (Lipinski definition) is 3. The average molecular weight is 272 g/mol. The molecule has 18 heavy (non-hydrogen) atoms. The predicted molar refractivity (Wildman–Crippen MR) is 64.0 cm³/mol. The Balaban J connectivity index is 2.58. The Kier molecular flexibility index (Phi) is 4.67. The smallest absolute Gasteiger partial charge is 0.346 e. The van der Waals surface area contributed by atoms with Crippen LogP contribution in [0.5, 0.6) is 5.75 Å². The van der Waals surface area contributed by atoms with E-state index in [2.05, 4.69) is 10.6 Å². The molecule has 8 heteroatoms. The van der Waals surface area contributed by atoms with Crippen molar-refractivity contribution in [2.45, 2.75) is 13.0 Å². The Hall–Kier alpha value is -2.09. The lowest BCUT2D eigenvalue weighted by atomic mass is 10.3. The van der Waals surface area contributed by atoms with Gasteiger partial charge in [-0.15, -0.1) is 11.3 Å². The van der Waals surface area contributed by atoms with Crippen LogP contribution in [0.1, 0.15) is 16.6 Å². The van der Waals surface area contributed by atoms with E-state index in [1.165, 1.54) is 25.4 Å². The quantitative estimate of drug-likeness (QED) is 0.747. The van der Waals surface area contributed by atoms with Gasteiger partial charge in [-0.2, -0.15) is 0 Å². The van der Waals surface area contributed by atoms with Crippen LogP contribution in [0.3, 0.4) is 0 Å². The van der Waals surface area contributed by atoms with Crippen LogP contribution < -0.4 is 15.4 Å². The standard InChI is InChI=1S/C10H12N2O5S/c1-5(8(13)12-10(16)11-2)17-6-3-7(9(14)15)18-4-6/h3-5H,1-2H3,(H,14,15)(H2,11,12,13,16). The molecule has 0 saturated heterocycles. The van der Waals surface area contributed by atoms with Crippen molar-refractivity contribution in [2.24, 2.45) is 0 Å². The van der Waals surface area contributed by atoms with E-state index in [-0.39, 0.29) is 10.6 Å². The number of aromatic carboxylic acids is 1. The molecule has 7 nitrogen and oxygen atoms in total. The van der Waals surface area contributed by atoms with E-state index in [0.29, 0.717) is 0 Å². The SMILES string of the molecule is CNC(=O)NC(=O)C(C)Oc1csc(C(=O)O)c1. The maximum Gasteiger partial charge on any atom is 0.346 e. The molecule has 0 aliphatic rings. The molecule has 0 aliphatic heterocycles. The normalized spacial score (nSPS) is 11.4. The fraction of sp³-hybridized carbons (Fsp3) is 0.300. The maximum absolute atomic E-state index is 11.4. The summed E-state index contributed by atoms with van der Waals surface area (Å²) in [7, 11) is 1.38. The number of ether oxygens (including phenoxy) is 1. The van der Waals surface area contributed by atoms with Crippen molar-refractivity contribution < 1.29 is 24.2 Å². The second-order valence-electron chi connectivity index (χ2n) is 3.28. The lowest BCUT2D eigenvalue weighted by molar-refractivity contribution is -0.126. The van der Waals surface area contributed by atoms with Crippen molar-refractivity contribution in [3.63, 3.8) is 0 Å². The Labute approximate surface area is 107 Å². The highest BCUT2D eigenvalue weighted by atomic mass is 32.1. The summed E-state index contributed by atoms with van der Waals surface area (Å²) in [6, 6.07) is 0.684. The van der Waals surface area contributed by atoms with Gasteiger partial charge in [0.1, 0.15) is 10.6 Å². The van der Waals surface area contributed by atoms with Crippen LogP contribution in [0.4, 0.5) is 4.79 Å². The fourth-order valence-corrected chi connectivity index (χ4v) is 1.68. The van der Waals surface area contributed by atoms with E-state index in [9.17, 15) is 14.4 Å². The Morgan fingerprint density at radius 2 is 2.11 bits per heavy atom. The molecule has 1 rings (SSSR count). The Bertz CT molecular complexity index is 471. The molecule has 0 fully saturated rings. The van der Waals surface area contributed by atoms with Gasteiger partial charge in [-0.1, -0.05) is 0 Å². The van der Waals surface area contributed by atoms with E-state index in [4.69, 9.17) is 9.84 Å². The van der Waals surface area contributed by atoms with Gasteiger partial charge in [0.15, 0.2) is 6.10 Å². The summed E-state index contributed by atoms with van der Waals surface area (Å²) < 4.78 is 5.21. The summed E-state index contributed by atoms with van der Waals surface area (Å²) in [4.78, 5) is 33.1. The van der Waals surface area contributed by atoms with Crippen molar-refractivity contribution >= 4 is 29.2 Å².